The van der Waals surface area contributed by atoms with Gasteiger partial charge in [-0.05, 0) is 44.9 Å². The van der Waals surface area contributed by atoms with Crippen LogP contribution in [0.4, 0.5) is 4.79 Å². The first-order valence-electron chi connectivity index (χ1n) is 7.31. The van der Waals surface area contributed by atoms with E-state index in [1.807, 2.05) is 6.07 Å². The summed E-state index contributed by atoms with van der Waals surface area (Å²) in [5, 5.41) is 12.1. The van der Waals surface area contributed by atoms with Gasteiger partial charge in [0, 0.05) is 13.1 Å². The van der Waals surface area contributed by atoms with Crippen LogP contribution in [-0.2, 0) is 16.1 Å². The molecule has 1 atom stereocenters. The summed E-state index contributed by atoms with van der Waals surface area (Å²) in [4.78, 5) is 25.7. The summed E-state index contributed by atoms with van der Waals surface area (Å²) < 4.78 is 5.16. The van der Waals surface area contributed by atoms with Crippen LogP contribution < -0.4 is 5.32 Å². The molecule has 2 N–H and O–H groups in total. The first-order valence-corrected chi connectivity index (χ1v) is 7.31. The van der Waals surface area contributed by atoms with E-state index in [4.69, 9.17) is 4.74 Å². The van der Waals surface area contributed by atoms with E-state index in [1.54, 1.807) is 43.9 Å². The number of ether oxygens (including phenoxy) is 1. The fourth-order valence-electron chi connectivity index (χ4n) is 2.35. The number of nitrogens with zero attached hydrogens (tertiary/aromatic N) is 1. The molecule has 0 unspecified atom stereocenters. The first kappa shape index (κ1) is 16.1. The Bertz CT molecular complexity index is 566. The molecule has 0 aliphatic carbocycles. The molecule has 0 bridgehead atoms. The normalized spacial score (nSPS) is 18.4. The molecule has 0 spiro atoms. The van der Waals surface area contributed by atoms with Gasteiger partial charge in [0.1, 0.15) is 17.4 Å². The van der Waals surface area contributed by atoms with Gasteiger partial charge in [-0.2, -0.15) is 0 Å². The number of amides is 2. The number of hydrogen-bond donors (Lipinski definition) is 2. The van der Waals surface area contributed by atoms with Crippen LogP contribution in [0.3, 0.4) is 0 Å². The third-order valence-corrected chi connectivity index (χ3v) is 3.27. The second-order valence-corrected chi connectivity index (χ2v) is 6.42. The van der Waals surface area contributed by atoms with Crippen molar-refractivity contribution in [2.45, 2.75) is 45.4 Å². The molecule has 0 radical (unpaired) electrons. The van der Waals surface area contributed by atoms with Crippen molar-refractivity contribution in [2.75, 3.05) is 6.54 Å². The van der Waals surface area contributed by atoms with E-state index < -0.39 is 17.7 Å². The van der Waals surface area contributed by atoms with Crippen molar-refractivity contribution in [3.05, 3.63) is 29.8 Å². The number of phenolic OH excluding ortho intramolecular Hbond substituents is 1. The predicted molar refractivity (Wildman–Crippen MR) is 81.3 cm³/mol. The number of aromatic hydroxyl groups is 1. The van der Waals surface area contributed by atoms with Gasteiger partial charge in [-0.3, -0.25) is 4.79 Å². The van der Waals surface area contributed by atoms with Crippen LogP contribution in [0.2, 0.25) is 0 Å². The summed E-state index contributed by atoms with van der Waals surface area (Å²) in [6.45, 7) is 6.31. The molecular formula is C16H22N2O4. The number of alkyl carbamates (subject to hydrolysis) is 1. The molecule has 2 rings (SSSR count). The molecule has 0 saturated carbocycles. The zero-order valence-corrected chi connectivity index (χ0v) is 13.1. The Morgan fingerprint density at radius 1 is 1.45 bits per heavy atom. The van der Waals surface area contributed by atoms with Gasteiger partial charge < -0.3 is 20.1 Å². The van der Waals surface area contributed by atoms with Gasteiger partial charge in [0.25, 0.3) is 0 Å². The zero-order valence-electron chi connectivity index (χ0n) is 13.1. The lowest BCUT2D eigenvalue weighted by molar-refractivity contribution is -0.129. The van der Waals surface area contributed by atoms with Crippen molar-refractivity contribution < 1.29 is 19.4 Å². The zero-order chi connectivity index (χ0) is 16.3. The Morgan fingerprint density at radius 2 is 2.18 bits per heavy atom. The Balaban J connectivity index is 1.91. The van der Waals surface area contributed by atoms with Crippen LogP contribution >= 0.6 is 0 Å². The quantitative estimate of drug-likeness (QED) is 0.895. The summed E-state index contributed by atoms with van der Waals surface area (Å²) in [6, 6.07) is 6.25. The third-order valence-electron chi connectivity index (χ3n) is 3.27. The average molecular weight is 306 g/mol. The number of carbonyl (C=O) groups excluding carboxylic acids is 2. The summed E-state index contributed by atoms with van der Waals surface area (Å²) >= 11 is 0. The summed E-state index contributed by atoms with van der Waals surface area (Å²) in [5.41, 5.74) is 0.263. The Hall–Kier alpha value is -2.24. The number of hydrogen-bond acceptors (Lipinski definition) is 4. The van der Waals surface area contributed by atoms with Crippen LogP contribution in [-0.4, -0.2) is 40.2 Å². The molecular weight excluding hydrogens is 284 g/mol. The summed E-state index contributed by atoms with van der Waals surface area (Å²) in [5.74, 6) is 0.0433. The Labute approximate surface area is 130 Å². The van der Waals surface area contributed by atoms with Crippen LogP contribution in [0.25, 0.3) is 0 Å². The van der Waals surface area contributed by atoms with Gasteiger partial charge in [0.15, 0.2) is 0 Å². The molecule has 1 heterocycles. The van der Waals surface area contributed by atoms with E-state index in [0.717, 1.165) is 5.56 Å². The minimum Gasteiger partial charge on any atom is -0.508 e. The SMILES string of the molecule is CC(C)(C)OC(=O)N[C@@H]1CCN(Cc2cccc(O)c2)C1=O. The van der Waals surface area contributed by atoms with Crippen molar-refractivity contribution in [2.24, 2.45) is 0 Å². The molecule has 1 fully saturated rings. The van der Waals surface area contributed by atoms with Gasteiger partial charge in [-0.15, -0.1) is 0 Å². The molecule has 1 aliphatic rings. The fraction of sp³-hybridized carbons (Fsp3) is 0.500. The van der Waals surface area contributed by atoms with Crippen molar-refractivity contribution in [3.8, 4) is 5.75 Å². The van der Waals surface area contributed by atoms with Crippen LogP contribution in [0, 0.1) is 0 Å². The Morgan fingerprint density at radius 3 is 2.82 bits per heavy atom. The van der Waals surface area contributed by atoms with E-state index in [0.29, 0.717) is 19.5 Å². The molecule has 120 valence electrons. The van der Waals surface area contributed by atoms with E-state index >= 15 is 0 Å². The lowest BCUT2D eigenvalue weighted by atomic mass is 10.2. The number of nitrogens with one attached hydrogen (secondary N) is 1. The minimum absolute atomic E-state index is 0.130. The van der Waals surface area contributed by atoms with E-state index in [2.05, 4.69) is 5.32 Å². The monoisotopic (exact) mass is 306 g/mol. The summed E-state index contributed by atoms with van der Waals surface area (Å²) in [7, 11) is 0. The smallest absolute Gasteiger partial charge is 0.408 e. The predicted octanol–water partition coefficient (Wildman–Crippen LogP) is 2.02. The number of phenols is 1. The van der Waals surface area contributed by atoms with Gasteiger partial charge >= 0.3 is 6.09 Å². The lowest BCUT2D eigenvalue weighted by Gasteiger charge is -2.21. The maximum Gasteiger partial charge on any atom is 0.408 e. The van der Waals surface area contributed by atoms with Crippen LogP contribution in [0.1, 0.15) is 32.8 Å². The van der Waals surface area contributed by atoms with Crippen LogP contribution in [0.5, 0.6) is 5.75 Å². The summed E-state index contributed by atoms with van der Waals surface area (Å²) in [6.07, 6.45) is -0.0262. The van der Waals surface area contributed by atoms with E-state index in [1.165, 1.54) is 0 Å². The Kier molecular flexibility index (Phi) is 4.59. The second-order valence-electron chi connectivity index (χ2n) is 6.42. The lowest BCUT2D eigenvalue weighted by Crippen LogP contribution is -2.43. The molecule has 1 aromatic rings. The highest BCUT2D eigenvalue weighted by atomic mass is 16.6. The topological polar surface area (TPSA) is 78.9 Å². The van der Waals surface area contributed by atoms with Crippen molar-refractivity contribution in [3.63, 3.8) is 0 Å². The highest BCUT2D eigenvalue weighted by molar-refractivity contribution is 5.87. The fourth-order valence-corrected chi connectivity index (χ4v) is 2.35. The molecule has 6 heteroatoms. The maximum absolute atomic E-state index is 12.3. The number of likely N-dealkylation sites (tertiary alicyclic amines) is 1. The van der Waals surface area contributed by atoms with Gasteiger partial charge in [0.2, 0.25) is 5.91 Å². The van der Waals surface area contributed by atoms with Gasteiger partial charge in [0.05, 0.1) is 0 Å². The third kappa shape index (κ3) is 4.38. The van der Waals surface area contributed by atoms with Crippen LogP contribution in [0.15, 0.2) is 24.3 Å². The molecule has 1 saturated heterocycles. The standard InChI is InChI=1S/C16H22N2O4/c1-16(2,3)22-15(21)17-13-7-8-18(14(13)20)10-11-5-4-6-12(19)9-11/h4-6,9,13,19H,7-8,10H2,1-3H3,(H,17,21)/t13-/m1/s1. The van der Waals surface area contributed by atoms with Crippen molar-refractivity contribution in [1.82, 2.24) is 10.2 Å². The highest BCUT2D eigenvalue weighted by Gasteiger charge is 2.33. The first-order chi connectivity index (χ1) is 10.2. The number of rotatable bonds is 3. The average Bonchev–Trinajstić information content (AvgIpc) is 2.69. The molecule has 2 amide bonds. The molecule has 22 heavy (non-hydrogen) atoms. The van der Waals surface area contributed by atoms with Crippen molar-refractivity contribution >= 4 is 12.0 Å². The molecule has 0 aromatic heterocycles. The minimum atomic E-state index is -0.590. The van der Waals surface area contributed by atoms with E-state index in [9.17, 15) is 14.7 Å². The molecule has 1 aromatic carbocycles. The number of carbonyl (C=O) groups is 2. The van der Waals surface area contributed by atoms with Crippen molar-refractivity contribution in [1.29, 1.82) is 0 Å². The van der Waals surface area contributed by atoms with Gasteiger partial charge in [-0.25, -0.2) is 4.79 Å². The molecule has 6 nitrogen and oxygen atoms in total. The highest BCUT2D eigenvalue weighted by Crippen LogP contribution is 2.18. The van der Waals surface area contributed by atoms with E-state index in [-0.39, 0.29) is 11.7 Å². The largest absolute Gasteiger partial charge is 0.508 e. The number of benzene rings is 1. The maximum atomic E-state index is 12.3. The van der Waals surface area contributed by atoms with Gasteiger partial charge in [-0.1, -0.05) is 12.1 Å². The second kappa shape index (κ2) is 6.25. The molecule has 1 aliphatic heterocycles.